The average Bonchev–Trinajstić information content (AvgIpc) is 3.97. The van der Waals surface area contributed by atoms with Crippen molar-refractivity contribution in [1.29, 1.82) is 10.5 Å². The summed E-state index contributed by atoms with van der Waals surface area (Å²) in [5.41, 5.74) is 14.8. The Balaban J connectivity index is 1.11. The smallest absolute Gasteiger partial charge is 0.167 e. The van der Waals surface area contributed by atoms with Crippen molar-refractivity contribution >= 4 is 43.6 Å². The van der Waals surface area contributed by atoms with E-state index >= 15 is 0 Å². The van der Waals surface area contributed by atoms with Crippen LogP contribution in [0, 0.1) is 22.7 Å². The van der Waals surface area contributed by atoms with E-state index in [-0.39, 0.29) is 0 Å². The standard InChI is InChI=1S/C65H39N7/c66-40-42-17-14-24-48(37-42)50-28-16-32-60(72-56-30-13-11-27-52(56)54-39-47(34-36-58(54)72)44-20-6-2-7-21-44)62(50)65-69-63(45-22-8-3-9-23-45)68-64(70-65)61-49(41-67)25-15-31-59(61)71-55-29-12-10-26-51(55)53-38-46(33-35-57(53)71)43-18-4-1-5-19-43/h1-39H. The first-order chi connectivity index (χ1) is 35.6. The first kappa shape index (κ1) is 41.9. The van der Waals surface area contributed by atoms with Crippen LogP contribution < -0.4 is 0 Å². The van der Waals surface area contributed by atoms with Gasteiger partial charge >= 0.3 is 0 Å². The molecule has 13 rings (SSSR count). The van der Waals surface area contributed by atoms with Gasteiger partial charge in [0.2, 0.25) is 0 Å². The fourth-order valence-corrected chi connectivity index (χ4v) is 10.4. The summed E-state index contributed by atoms with van der Waals surface area (Å²) in [6.07, 6.45) is 0. The van der Waals surface area contributed by atoms with E-state index in [1.807, 2.05) is 84.9 Å². The van der Waals surface area contributed by atoms with Crippen LogP contribution in [0.25, 0.3) is 123 Å². The predicted molar refractivity (Wildman–Crippen MR) is 291 cm³/mol. The Morgan fingerprint density at radius 2 is 0.764 bits per heavy atom. The summed E-state index contributed by atoms with van der Waals surface area (Å²) in [4.78, 5) is 16.3. The number of nitrogens with zero attached hydrogens (tertiary/aromatic N) is 7. The van der Waals surface area contributed by atoms with Crippen molar-refractivity contribution in [2.75, 3.05) is 0 Å². The van der Waals surface area contributed by atoms with Crippen LogP contribution in [0.15, 0.2) is 237 Å². The zero-order valence-electron chi connectivity index (χ0n) is 38.6. The molecule has 0 aliphatic rings. The summed E-state index contributed by atoms with van der Waals surface area (Å²) in [5, 5.41) is 25.7. The predicted octanol–water partition coefficient (Wildman–Crippen LogP) is 15.8. The molecule has 0 spiro atoms. The van der Waals surface area contributed by atoms with Gasteiger partial charge in [0, 0.05) is 27.1 Å². The van der Waals surface area contributed by atoms with E-state index in [0.29, 0.717) is 34.2 Å². The molecule has 334 valence electrons. The lowest BCUT2D eigenvalue weighted by atomic mass is 9.95. The Morgan fingerprint density at radius 1 is 0.306 bits per heavy atom. The lowest BCUT2D eigenvalue weighted by Crippen LogP contribution is -2.07. The van der Waals surface area contributed by atoms with Crippen molar-refractivity contribution in [1.82, 2.24) is 24.1 Å². The molecule has 0 N–H and O–H groups in total. The minimum absolute atomic E-state index is 0.346. The van der Waals surface area contributed by atoms with Gasteiger partial charge in [-0.1, -0.05) is 170 Å². The Hall–Kier alpha value is -10.2. The molecule has 0 unspecified atom stereocenters. The Labute approximate surface area is 415 Å². The van der Waals surface area contributed by atoms with E-state index in [1.54, 1.807) is 0 Å². The normalized spacial score (nSPS) is 11.3. The maximum absolute atomic E-state index is 11.1. The molecule has 13 aromatic rings. The first-order valence-corrected chi connectivity index (χ1v) is 23.8. The van der Waals surface area contributed by atoms with Crippen LogP contribution in [0.5, 0.6) is 0 Å². The van der Waals surface area contributed by atoms with Gasteiger partial charge in [-0.15, -0.1) is 0 Å². The highest BCUT2D eigenvalue weighted by Crippen LogP contribution is 2.44. The second-order valence-corrected chi connectivity index (χ2v) is 17.8. The summed E-state index contributed by atoms with van der Waals surface area (Å²) in [6, 6.07) is 85.5. The summed E-state index contributed by atoms with van der Waals surface area (Å²) in [6.45, 7) is 0. The number of para-hydroxylation sites is 2. The molecule has 0 fully saturated rings. The Morgan fingerprint density at radius 3 is 1.33 bits per heavy atom. The van der Waals surface area contributed by atoms with E-state index in [1.165, 1.54) is 0 Å². The molecule has 0 saturated heterocycles. The number of benzene rings is 10. The van der Waals surface area contributed by atoms with Gasteiger partial charge < -0.3 is 9.13 Å². The molecule has 7 heteroatoms. The molecule has 3 aromatic heterocycles. The third-order valence-electron chi connectivity index (χ3n) is 13.7. The SMILES string of the molecule is N#Cc1cccc(-c2cccc(-n3c4ccccc4c4cc(-c5ccccc5)ccc43)c2-c2nc(-c3ccccc3)nc(-c3c(C#N)cccc3-n3c4ccccc4c4cc(-c5ccccc5)ccc43)n2)c1. The first-order valence-electron chi connectivity index (χ1n) is 23.8. The monoisotopic (exact) mass is 917 g/mol. The molecule has 10 aromatic carbocycles. The molecular weight excluding hydrogens is 879 g/mol. The van der Waals surface area contributed by atoms with Gasteiger partial charge in [-0.2, -0.15) is 10.5 Å². The third kappa shape index (κ3) is 7.00. The average molecular weight is 918 g/mol. The lowest BCUT2D eigenvalue weighted by Gasteiger charge is -2.19. The van der Waals surface area contributed by atoms with Crippen molar-refractivity contribution in [2.45, 2.75) is 0 Å². The molecule has 0 radical (unpaired) electrons. The number of hydrogen-bond acceptors (Lipinski definition) is 5. The van der Waals surface area contributed by atoms with Gasteiger partial charge in [0.05, 0.1) is 67.8 Å². The lowest BCUT2D eigenvalue weighted by molar-refractivity contribution is 1.06. The van der Waals surface area contributed by atoms with Crippen LogP contribution in [-0.2, 0) is 0 Å². The van der Waals surface area contributed by atoms with Gasteiger partial charge in [0.15, 0.2) is 17.5 Å². The van der Waals surface area contributed by atoms with E-state index in [2.05, 4.69) is 173 Å². The molecule has 0 atom stereocenters. The van der Waals surface area contributed by atoms with Crippen LogP contribution in [0.2, 0.25) is 0 Å². The highest BCUT2D eigenvalue weighted by Gasteiger charge is 2.26. The van der Waals surface area contributed by atoms with Crippen molar-refractivity contribution in [3.63, 3.8) is 0 Å². The van der Waals surface area contributed by atoms with Crippen LogP contribution in [0.1, 0.15) is 11.1 Å². The topological polar surface area (TPSA) is 96.1 Å². The minimum Gasteiger partial charge on any atom is -0.308 e. The van der Waals surface area contributed by atoms with Gasteiger partial charge in [-0.3, -0.25) is 0 Å². The Kier molecular flexibility index (Phi) is 10.1. The third-order valence-corrected chi connectivity index (χ3v) is 13.7. The van der Waals surface area contributed by atoms with Crippen LogP contribution in [-0.4, -0.2) is 24.1 Å². The van der Waals surface area contributed by atoms with Gasteiger partial charge in [0.25, 0.3) is 0 Å². The molecule has 0 aliphatic heterocycles. The van der Waals surface area contributed by atoms with E-state index < -0.39 is 0 Å². The fraction of sp³-hybridized carbons (Fsp3) is 0. The highest BCUT2D eigenvalue weighted by molar-refractivity contribution is 6.12. The van der Waals surface area contributed by atoms with Crippen molar-refractivity contribution < 1.29 is 0 Å². The quantitative estimate of drug-likeness (QED) is 0.151. The van der Waals surface area contributed by atoms with E-state index in [9.17, 15) is 10.5 Å². The van der Waals surface area contributed by atoms with Gasteiger partial charge in [-0.25, -0.2) is 15.0 Å². The van der Waals surface area contributed by atoms with Gasteiger partial charge in [-0.05, 0) is 100 Å². The van der Waals surface area contributed by atoms with Crippen molar-refractivity contribution in [3.05, 3.63) is 248 Å². The molecule has 0 amide bonds. The minimum atomic E-state index is 0.346. The molecule has 3 heterocycles. The number of fused-ring (bicyclic) bond motifs is 6. The van der Waals surface area contributed by atoms with Crippen LogP contribution in [0.4, 0.5) is 0 Å². The molecule has 72 heavy (non-hydrogen) atoms. The zero-order valence-corrected chi connectivity index (χ0v) is 38.6. The molecule has 0 aliphatic carbocycles. The summed E-state index contributed by atoms with van der Waals surface area (Å²) < 4.78 is 4.53. The molecule has 0 bridgehead atoms. The van der Waals surface area contributed by atoms with Crippen LogP contribution in [0.3, 0.4) is 0 Å². The van der Waals surface area contributed by atoms with Gasteiger partial charge in [0.1, 0.15) is 0 Å². The second-order valence-electron chi connectivity index (χ2n) is 17.8. The van der Waals surface area contributed by atoms with E-state index in [0.717, 1.165) is 99.5 Å². The number of aromatic nitrogens is 5. The summed E-state index contributed by atoms with van der Waals surface area (Å²) in [5.74, 6) is 1.21. The fourth-order valence-electron chi connectivity index (χ4n) is 10.4. The zero-order chi connectivity index (χ0) is 48.1. The Bertz CT molecular complexity index is 4350. The number of nitriles is 2. The number of hydrogen-bond donors (Lipinski definition) is 0. The molecule has 7 nitrogen and oxygen atoms in total. The summed E-state index contributed by atoms with van der Waals surface area (Å²) in [7, 11) is 0. The van der Waals surface area contributed by atoms with E-state index in [4.69, 9.17) is 15.0 Å². The van der Waals surface area contributed by atoms with Crippen molar-refractivity contribution in [3.8, 4) is 91.1 Å². The highest BCUT2D eigenvalue weighted by atomic mass is 15.1. The number of rotatable bonds is 8. The van der Waals surface area contributed by atoms with Crippen molar-refractivity contribution in [2.24, 2.45) is 0 Å². The largest absolute Gasteiger partial charge is 0.308 e. The maximum Gasteiger partial charge on any atom is 0.167 e. The maximum atomic E-state index is 11.1. The second kappa shape index (κ2) is 17.4. The molecule has 0 saturated carbocycles. The van der Waals surface area contributed by atoms with Crippen LogP contribution >= 0.6 is 0 Å². The molecular formula is C65H39N7. The summed E-state index contributed by atoms with van der Waals surface area (Å²) >= 11 is 0.